The monoisotopic (exact) mass is 830 g/mol. The van der Waals surface area contributed by atoms with Crippen LogP contribution < -0.4 is 4.74 Å². The number of aliphatic hydroxyl groups excluding tert-OH is 3. The molecule has 1 aromatic carbocycles. The van der Waals surface area contributed by atoms with Gasteiger partial charge in [-0.3, -0.25) is 9.98 Å². The Balaban J connectivity index is 1.59. The summed E-state index contributed by atoms with van der Waals surface area (Å²) >= 11 is 0. The Kier molecular flexibility index (Phi) is 19.6. The number of fused-ring (bicyclic) bond motifs is 7. The number of hydrogen-bond acceptors (Lipinski definition) is 9. The summed E-state index contributed by atoms with van der Waals surface area (Å²) in [6.45, 7) is 14.1. The van der Waals surface area contributed by atoms with Crippen molar-refractivity contribution < 1.29 is 34.3 Å². The number of aliphatic hydroxyl groups is 3. The molecule has 1 aliphatic rings. The van der Waals surface area contributed by atoms with Gasteiger partial charge in [0, 0.05) is 60.5 Å². The predicted molar refractivity (Wildman–Crippen MR) is 241 cm³/mol. The van der Waals surface area contributed by atoms with Crippen LogP contribution in [0.3, 0.4) is 0 Å². The lowest BCUT2D eigenvalue weighted by Crippen LogP contribution is -2.11. The second-order valence-electron chi connectivity index (χ2n) is 15.7. The van der Waals surface area contributed by atoms with Crippen molar-refractivity contribution >= 4 is 23.8 Å². The van der Waals surface area contributed by atoms with Gasteiger partial charge in [0.15, 0.2) is 0 Å². The smallest absolute Gasteiger partial charge is 0.127 e. The Morgan fingerprint density at radius 2 is 1.07 bits per heavy atom. The van der Waals surface area contributed by atoms with E-state index in [1.807, 2.05) is 24.6 Å². The van der Waals surface area contributed by atoms with Crippen molar-refractivity contribution in [3.05, 3.63) is 85.2 Å². The predicted octanol–water partition coefficient (Wildman–Crippen LogP) is 8.15. The first-order valence-electron chi connectivity index (χ1n) is 22.4. The Morgan fingerprint density at radius 3 is 1.60 bits per heavy atom. The molecule has 60 heavy (non-hydrogen) atoms. The normalized spacial score (nSPS) is 12.7. The van der Waals surface area contributed by atoms with E-state index in [1.54, 1.807) is 0 Å². The number of nitrogens with one attached hydrogen (secondary N) is 3. The zero-order valence-corrected chi connectivity index (χ0v) is 36.9. The van der Waals surface area contributed by atoms with E-state index in [4.69, 9.17) is 34.0 Å². The highest BCUT2D eigenvalue weighted by Gasteiger charge is 2.22. The van der Waals surface area contributed by atoms with Gasteiger partial charge in [-0.15, -0.1) is 0 Å². The van der Waals surface area contributed by atoms with Gasteiger partial charge in [0.1, 0.15) is 5.75 Å². The van der Waals surface area contributed by atoms with Crippen LogP contribution in [0.25, 0.3) is 0 Å². The van der Waals surface area contributed by atoms with Crippen LogP contribution in [0.4, 0.5) is 11.4 Å². The van der Waals surface area contributed by atoms with Crippen molar-refractivity contribution in [3.8, 4) is 5.75 Å². The molecule has 0 spiro atoms. The number of unbranched alkanes of at least 4 members (excludes halogenated alkanes) is 4. The number of aromatic nitrogens is 3. The average Bonchev–Trinajstić information content (AvgIpc) is 3.85. The molecule has 0 amide bonds. The molecular formula is C48H71N5O7. The van der Waals surface area contributed by atoms with E-state index in [2.05, 4.69) is 49.6 Å². The maximum Gasteiger partial charge on any atom is 0.127 e. The fourth-order valence-electron chi connectivity index (χ4n) is 8.29. The molecule has 12 heteroatoms. The number of rotatable bonds is 25. The molecule has 3 aromatic heterocycles. The van der Waals surface area contributed by atoms with Crippen molar-refractivity contribution in [2.75, 3.05) is 59.5 Å². The van der Waals surface area contributed by atoms with Crippen LogP contribution in [0.15, 0.2) is 22.1 Å². The third-order valence-corrected chi connectivity index (χ3v) is 11.6. The number of hydrogen-bond donors (Lipinski definition) is 6. The van der Waals surface area contributed by atoms with Crippen LogP contribution >= 0.6 is 0 Å². The maximum absolute atomic E-state index is 9.87. The van der Waals surface area contributed by atoms with Crippen molar-refractivity contribution in [1.82, 2.24) is 15.0 Å². The summed E-state index contributed by atoms with van der Waals surface area (Å²) in [5.41, 5.74) is 16.3. The van der Waals surface area contributed by atoms with E-state index in [9.17, 15) is 10.2 Å². The van der Waals surface area contributed by atoms with E-state index in [0.29, 0.717) is 70.5 Å². The lowest BCUT2D eigenvalue weighted by atomic mass is 9.97. The van der Waals surface area contributed by atoms with Crippen LogP contribution in [0.2, 0.25) is 0 Å². The second kappa shape index (κ2) is 25.0. The number of benzene rings is 1. The molecule has 0 aliphatic carbocycles. The molecule has 0 atom stereocenters. The molecule has 0 unspecified atom stereocenters. The van der Waals surface area contributed by atoms with Crippen LogP contribution in [0, 0.1) is 13.8 Å². The number of nitrogens with zero attached hydrogens (tertiary/aromatic N) is 2. The lowest BCUT2D eigenvalue weighted by molar-refractivity contribution is 0.00422. The molecule has 0 saturated heterocycles. The Bertz CT molecular complexity index is 1970. The highest BCUT2D eigenvalue weighted by atomic mass is 16.5. The summed E-state index contributed by atoms with van der Waals surface area (Å²) in [5, 5.41) is 28.7. The van der Waals surface area contributed by atoms with Gasteiger partial charge in [-0.2, -0.15) is 0 Å². The summed E-state index contributed by atoms with van der Waals surface area (Å²) in [5.74, 6) is 0.721. The van der Waals surface area contributed by atoms with E-state index in [0.717, 1.165) is 96.6 Å². The third-order valence-electron chi connectivity index (χ3n) is 11.6. The lowest BCUT2D eigenvalue weighted by Gasteiger charge is -2.15. The van der Waals surface area contributed by atoms with Gasteiger partial charge >= 0.3 is 0 Å². The molecule has 0 saturated carbocycles. The van der Waals surface area contributed by atoms with Crippen LogP contribution in [0.1, 0.15) is 139 Å². The molecule has 0 radical (unpaired) electrons. The summed E-state index contributed by atoms with van der Waals surface area (Å²) in [6.07, 6.45) is 15.7. The summed E-state index contributed by atoms with van der Waals surface area (Å²) in [6, 6.07) is 4.02. The molecular weight excluding hydrogens is 759 g/mol. The van der Waals surface area contributed by atoms with Crippen LogP contribution in [-0.2, 0) is 59.3 Å². The zero-order valence-electron chi connectivity index (χ0n) is 36.9. The topological polar surface area (TPSA) is 170 Å². The highest BCUT2D eigenvalue weighted by molar-refractivity contribution is 5.88. The fourth-order valence-corrected chi connectivity index (χ4v) is 8.29. The number of H-pyrrole nitrogens is 3. The first-order chi connectivity index (χ1) is 29.4. The zero-order chi connectivity index (χ0) is 42.7. The molecule has 0 fully saturated rings. The first-order valence-corrected chi connectivity index (χ1v) is 22.4. The fraction of sp³-hybridized carbons (Fsp3) is 0.583. The number of ether oxygens (including phenoxy) is 4. The van der Waals surface area contributed by atoms with Gasteiger partial charge in [-0.05, 0) is 98.2 Å². The van der Waals surface area contributed by atoms with E-state index < -0.39 is 0 Å². The van der Waals surface area contributed by atoms with Gasteiger partial charge < -0.3 is 49.2 Å². The molecule has 330 valence electrons. The van der Waals surface area contributed by atoms with E-state index >= 15 is 0 Å². The minimum absolute atomic E-state index is 0.00700. The molecule has 5 rings (SSSR count). The van der Waals surface area contributed by atoms with E-state index in [-0.39, 0.29) is 19.8 Å². The minimum Gasteiger partial charge on any atom is -0.493 e. The van der Waals surface area contributed by atoms with Gasteiger partial charge in [0.2, 0.25) is 0 Å². The number of aliphatic imine (C=N–C) groups is 2. The van der Waals surface area contributed by atoms with Crippen molar-refractivity contribution in [1.29, 1.82) is 0 Å². The molecule has 4 heterocycles. The molecule has 6 bridgehead atoms. The largest absolute Gasteiger partial charge is 0.493 e. The standard InChI is InChI=1S/C48H71N5O7/c1-6-9-10-11-12-20-60-48-29-45-44(26-35(48)32-59-25-24-58-23-22-57-21-19-56)49-30-46-33(4)38(15-13-17-54)42(52-46)27-40-36(7-2)37(8-3)41(51-40)28-43-39(16-14-18-55)34(5)47(53-43)31-50-45/h26,29-31,51-56H,6-25,27-28,32H2,1-5H3. The Hall–Kier alpha value is -4.04. The Morgan fingerprint density at radius 1 is 0.550 bits per heavy atom. The molecule has 1 aliphatic heterocycles. The van der Waals surface area contributed by atoms with Gasteiger partial charge in [-0.1, -0.05) is 46.5 Å². The van der Waals surface area contributed by atoms with Crippen LogP contribution in [-0.4, -0.2) is 102 Å². The van der Waals surface area contributed by atoms with E-state index in [1.165, 1.54) is 52.9 Å². The summed E-state index contributed by atoms with van der Waals surface area (Å²) in [4.78, 5) is 21.7. The molecule has 6 N–H and O–H groups in total. The molecule has 12 nitrogen and oxygen atoms in total. The van der Waals surface area contributed by atoms with Crippen molar-refractivity contribution in [3.63, 3.8) is 0 Å². The van der Waals surface area contributed by atoms with Gasteiger partial charge in [0.05, 0.1) is 88.0 Å². The maximum atomic E-state index is 9.87. The van der Waals surface area contributed by atoms with Gasteiger partial charge in [-0.25, -0.2) is 0 Å². The SMILES string of the molecule is CCCCCCCOc1cc2c(cc1COCCOCCOCCO)N=Cc1[nH]c(c(CCCO)c1C)Cc1[nH]c(c(CC)c1CC)Cc1[nH]c(c(C)c1CCCO)C=N2. The van der Waals surface area contributed by atoms with Crippen molar-refractivity contribution in [2.45, 2.75) is 125 Å². The average molecular weight is 830 g/mol. The summed E-state index contributed by atoms with van der Waals surface area (Å²) in [7, 11) is 0. The Labute approximate surface area is 357 Å². The highest BCUT2D eigenvalue weighted by Crippen LogP contribution is 2.37. The first kappa shape index (κ1) is 47.0. The third kappa shape index (κ3) is 12.7. The quantitative estimate of drug-likeness (QED) is 0.0323. The minimum atomic E-state index is -0.00700. The summed E-state index contributed by atoms with van der Waals surface area (Å²) < 4.78 is 23.6. The van der Waals surface area contributed by atoms with Crippen LogP contribution in [0.5, 0.6) is 5.75 Å². The van der Waals surface area contributed by atoms with Gasteiger partial charge in [0.25, 0.3) is 0 Å². The molecule has 4 aromatic rings. The second-order valence-corrected chi connectivity index (χ2v) is 15.7. The van der Waals surface area contributed by atoms with Crippen molar-refractivity contribution in [2.24, 2.45) is 9.98 Å². The number of aromatic amines is 3.